The van der Waals surface area contributed by atoms with E-state index in [0.717, 1.165) is 6.04 Å². The van der Waals surface area contributed by atoms with Crippen LogP contribution in [0.4, 0.5) is 0 Å². The van der Waals surface area contributed by atoms with Crippen molar-refractivity contribution in [3.8, 4) is 0 Å². The topological polar surface area (TPSA) is 18.5 Å². The van der Waals surface area contributed by atoms with E-state index in [-0.39, 0.29) is 0 Å². The van der Waals surface area contributed by atoms with Crippen LogP contribution in [0.1, 0.15) is 32.1 Å². The van der Waals surface area contributed by atoms with Crippen molar-refractivity contribution in [2.75, 3.05) is 46.3 Å². The molecular formula is C13H27N3. The van der Waals surface area contributed by atoms with Gasteiger partial charge in [-0.05, 0) is 71.9 Å². The van der Waals surface area contributed by atoms with Crippen LogP contribution in [0.5, 0.6) is 0 Å². The van der Waals surface area contributed by atoms with Gasteiger partial charge in [0, 0.05) is 12.6 Å². The van der Waals surface area contributed by atoms with Crippen molar-refractivity contribution < 1.29 is 0 Å². The lowest BCUT2D eigenvalue weighted by Gasteiger charge is -2.25. The second kappa shape index (κ2) is 6.58. The molecule has 0 bridgehead atoms. The minimum atomic E-state index is 0.881. The summed E-state index contributed by atoms with van der Waals surface area (Å²) in [6, 6.07) is 0.881. The molecule has 0 radical (unpaired) electrons. The maximum atomic E-state index is 3.23. The van der Waals surface area contributed by atoms with E-state index in [1.54, 1.807) is 0 Å². The normalized spacial score (nSPS) is 27.9. The Hall–Kier alpha value is -0.120. The van der Waals surface area contributed by atoms with Gasteiger partial charge < -0.3 is 10.2 Å². The number of unbranched alkanes of at least 4 members (excludes halogenated alkanes) is 1. The van der Waals surface area contributed by atoms with Gasteiger partial charge in [-0.1, -0.05) is 0 Å². The van der Waals surface area contributed by atoms with E-state index < -0.39 is 0 Å². The molecule has 2 saturated heterocycles. The van der Waals surface area contributed by atoms with Crippen LogP contribution in [0.15, 0.2) is 0 Å². The molecule has 0 aromatic carbocycles. The number of hydrogen-bond acceptors (Lipinski definition) is 3. The van der Waals surface area contributed by atoms with Gasteiger partial charge in [-0.2, -0.15) is 0 Å². The van der Waals surface area contributed by atoms with Crippen LogP contribution in [-0.2, 0) is 0 Å². The van der Waals surface area contributed by atoms with E-state index in [1.807, 2.05) is 7.05 Å². The molecule has 2 rings (SSSR count). The largest absolute Gasteiger partial charge is 0.320 e. The van der Waals surface area contributed by atoms with Gasteiger partial charge in [-0.25, -0.2) is 0 Å². The zero-order chi connectivity index (χ0) is 11.2. The summed E-state index contributed by atoms with van der Waals surface area (Å²) in [6.07, 6.45) is 6.92. The zero-order valence-corrected chi connectivity index (χ0v) is 10.7. The number of nitrogens with one attached hydrogen (secondary N) is 1. The molecule has 2 aliphatic rings. The van der Waals surface area contributed by atoms with Crippen LogP contribution in [0, 0.1) is 0 Å². The maximum Gasteiger partial charge on any atom is 0.0223 e. The smallest absolute Gasteiger partial charge is 0.0223 e. The van der Waals surface area contributed by atoms with E-state index >= 15 is 0 Å². The molecule has 1 unspecified atom stereocenters. The Bertz CT molecular complexity index is 196. The summed E-state index contributed by atoms with van der Waals surface area (Å²) < 4.78 is 0. The monoisotopic (exact) mass is 225 g/mol. The van der Waals surface area contributed by atoms with Gasteiger partial charge >= 0.3 is 0 Å². The Morgan fingerprint density at radius 1 is 1.12 bits per heavy atom. The lowest BCUT2D eigenvalue weighted by molar-refractivity contribution is 0.218. The zero-order valence-electron chi connectivity index (χ0n) is 10.7. The average molecular weight is 225 g/mol. The second-order valence-electron chi connectivity index (χ2n) is 5.30. The SMILES string of the molecule is CNCCCCN1CCCN2CCCC2C1. The van der Waals surface area contributed by atoms with Gasteiger partial charge in [0.05, 0.1) is 0 Å². The van der Waals surface area contributed by atoms with Crippen LogP contribution < -0.4 is 5.32 Å². The Morgan fingerprint density at radius 2 is 2.00 bits per heavy atom. The van der Waals surface area contributed by atoms with Gasteiger partial charge in [0.2, 0.25) is 0 Å². The van der Waals surface area contributed by atoms with Crippen LogP contribution in [0.25, 0.3) is 0 Å². The summed E-state index contributed by atoms with van der Waals surface area (Å²) in [6.45, 7) is 7.84. The van der Waals surface area contributed by atoms with Crippen molar-refractivity contribution in [2.45, 2.75) is 38.1 Å². The minimum absolute atomic E-state index is 0.881. The molecule has 3 heteroatoms. The van der Waals surface area contributed by atoms with Crippen molar-refractivity contribution in [2.24, 2.45) is 0 Å². The van der Waals surface area contributed by atoms with Gasteiger partial charge in [0.1, 0.15) is 0 Å². The summed E-state index contributed by atoms with van der Waals surface area (Å²) in [4.78, 5) is 5.42. The third-order valence-electron chi connectivity index (χ3n) is 4.04. The fourth-order valence-electron chi connectivity index (χ4n) is 3.12. The molecule has 2 heterocycles. The van der Waals surface area contributed by atoms with E-state index in [0.29, 0.717) is 0 Å². The summed E-state index contributed by atoms with van der Waals surface area (Å²) in [5.41, 5.74) is 0. The first kappa shape index (κ1) is 12.3. The third kappa shape index (κ3) is 3.44. The van der Waals surface area contributed by atoms with Crippen molar-refractivity contribution in [3.63, 3.8) is 0 Å². The van der Waals surface area contributed by atoms with Gasteiger partial charge in [-0.15, -0.1) is 0 Å². The molecule has 0 aliphatic carbocycles. The Labute approximate surface area is 100 Å². The molecule has 0 aromatic rings. The summed E-state index contributed by atoms with van der Waals surface area (Å²) in [5, 5.41) is 3.23. The Kier molecular flexibility index (Phi) is 5.07. The Morgan fingerprint density at radius 3 is 2.88 bits per heavy atom. The van der Waals surface area contributed by atoms with Crippen molar-refractivity contribution >= 4 is 0 Å². The maximum absolute atomic E-state index is 3.23. The van der Waals surface area contributed by atoms with Crippen LogP contribution in [0.3, 0.4) is 0 Å². The number of fused-ring (bicyclic) bond motifs is 1. The minimum Gasteiger partial charge on any atom is -0.320 e. The van der Waals surface area contributed by atoms with Crippen LogP contribution in [0.2, 0.25) is 0 Å². The van der Waals surface area contributed by atoms with E-state index in [9.17, 15) is 0 Å². The van der Waals surface area contributed by atoms with Gasteiger partial charge in [-0.3, -0.25) is 4.90 Å². The molecule has 1 atom stereocenters. The molecule has 2 aliphatic heterocycles. The lowest BCUT2D eigenvalue weighted by Crippen LogP contribution is -2.37. The molecular weight excluding hydrogens is 198 g/mol. The first-order chi connectivity index (χ1) is 7.90. The summed E-state index contributed by atoms with van der Waals surface area (Å²) in [5.74, 6) is 0. The van der Waals surface area contributed by atoms with E-state index in [2.05, 4.69) is 15.1 Å². The number of hydrogen-bond donors (Lipinski definition) is 1. The molecule has 2 fully saturated rings. The number of nitrogens with zero attached hydrogens (tertiary/aromatic N) is 2. The van der Waals surface area contributed by atoms with Crippen LogP contribution >= 0.6 is 0 Å². The van der Waals surface area contributed by atoms with Crippen molar-refractivity contribution in [3.05, 3.63) is 0 Å². The standard InChI is InChI=1S/C13H27N3/c1-14-7-2-3-8-15-9-5-11-16-10-4-6-13(16)12-15/h13-14H,2-12H2,1H3. The van der Waals surface area contributed by atoms with Crippen LogP contribution in [-0.4, -0.2) is 62.2 Å². The summed E-state index contributed by atoms with van der Waals surface area (Å²) in [7, 11) is 2.04. The molecule has 0 saturated carbocycles. The predicted octanol–water partition coefficient (Wildman–Crippen LogP) is 1.16. The first-order valence-electron chi connectivity index (χ1n) is 7.01. The predicted molar refractivity (Wildman–Crippen MR) is 68.8 cm³/mol. The number of rotatable bonds is 5. The van der Waals surface area contributed by atoms with E-state index in [4.69, 9.17) is 0 Å². The molecule has 0 aromatic heterocycles. The average Bonchev–Trinajstić information content (AvgIpc) is 2.63. The highest BCUT2D eigenvalue weighted by molar-refractivity contribution is 4.84. The first-order valence-corrected chi connectivity index (χ1v) is 7.01. The molecule has 1 N–H and O–H groups in total. The van der Waals surface area contributed by atoms with Gasteiger partial charge in [0.15, 0.2) is 0 Å². The molecule has 16 heavy (non-hydrogen) atoms. The molecule has 94 valence electrons. The fourth-order valence-corrected chi connectivity index (χ4v) is 3.12. The lowest BCUT2D eigenvalue weighted by atomic mass is 10.2. The molecule has 3 nitrogen and oxygen atoms in total. The second-order valence-corrected chi connectivity index (χ2v) is 5.30. The molecule has 0 spiro atoms. The van der Waals surface area contributed by atoms with E-state index in [1.165, 1.54) is 71.4 Å². The summed E-state index contributed by atoms with van der Waals surface area (Å²) >= 11 is 0. The van der Waals surface area contributed by atoms with Gasteiger partial charge in [0.25, 0.3) is 0 Å². The third-order valence-corrected chi connectivity index (χ3v) is 4.04. The molecule has 0 amide bonds. The fraction of sp³-hybridized carbons (Fsp3) is 1.00. The Balaban J connectivity index is 1.69. The van der Waals surface area contributed by atoms with Crippen molar-refractivity contribution in [1.29, 1.82) is 0 Å². The highest BCUT2D eigenvalue weighted by Gasteiger charge is 2.28. The van der Waals surface area contributed by atoms with Crippen molar-refractivity contribution in [1.82, 2.24) is 15.1 Å². The highest BCUT2D eigenvalue weighted by Crippen LogP contribution is 2.21. The highest BCUT2D eigenvalue weighted by atomic mass is 15.3. The quantitative estimate of drug-likeness (QED) is 0.708.